The number of sulfonamides is 1. The first-order valence-corrected chi connectivity index (χ1v) is 12.3. The number of rotatable bonds is 5. The summed E-state index contributed by atoms with van der Waals surface area (Å²) in [7, 11) is -2.31. The number of nitrogens with zero attached hydrogens (tertiary/aromatic N) is 1. The first kappa shape index (κ1) is 21.4. The van der Waals surface area contributed by atoms with E-state index in [1.807, 2.05) is 11.8 Å². The van der Waals surface area contributed by atoms with Gasteiger partial charge >= 0.3 is 0 Å². The van der Waals surface area contributed by atoms with Gasteiger partial charge in [0.1, 0.15) is 5.75 Å². The number of aryl methyl sites for hydroxylation is 1. The molecule has 2 aromatic carbocycles. The molecular weight excluding hydrogens is 432 g/mol. The number of benzene rings is 2. The van der Waals surface area contributed by atoms with E-state index in [2.05, 4.69) is 16.2 Å². The highest BCUT2D eigenvalue weighted by molar-refractivity contribution is 7.92. The van der Waals surface area contributed by atoms with E-state index >= 15 is 0 Å². The van der Waals surface area contributed by atoms with Gasteiger partial charge in [0.2, 0.25) is 0 Å². The Kier molecular flexibility index (Phi) is 5.77. The molecule has 1 atom stereocenters. The largest absolute Gasteiger partial charge is 0.497 e. The monoisotopic (exact) mass is 456 g/mol. The van der Waals surface area contributed by atoms with Gasteiger partial charge in [-0.25, -0.2) is 8.42 Å². The fourth-order valence-corrected chi connectivity index (χ4v) is 6.14. The van der Waals surface area contributed by atoms with Crippen LogP contribution in [0.25, 0.3) is 0 Å². The summed E-state index contributed by atoms with van der Waals surface area (Å²) >= 11 is 1.72. The molecule has 0 saturated carbocycles. The smallest absolute Gasteiger partial charge is 0.262 e. The number of ether oxygens (including phenoxy) is 1. The minimum atomic E-state index is -3.86. The van der Waals surface area contributed by atoms with E-state index in [9.17, 15) is 13.2 Å². The van der Waals surface area contributed by atoms with Crippen LogP contribution in [0.1, 0.15) is 39.3 Å². The van der Waals surface area contributed by atoms with Crippen LogP contribution in [-0.4, -0.2) is 32.9 Å². The first-order chi connectivity index (χ1) is 14.8. The Morgan fingerprint density at radius 1 is 1.16 bits per heavy atom. The fraction of sp³-hybridized carbons (Fsp3) is 0.261. The van der Waals surface area contributed by atoms with Crippen LogP contribution in [0.4, 0.5) is 5.69 Å². The zero-order valence-electron chi connectivity index (χ0n) is 17.6. The molecule has 0 bridgehead atoms. The van der Waals surface area contributed by atoms with Gasteiger partial charge in [0.25, 0.3) is 15.9 Å². The maximum absolute atomic E-state index is 13.3. The first-order valence-electron chi connectivity index (χ1n) is 9.95. The van der Waals surface area contributed by atoms with E-state index in [1.165, 1.54) is 16.5 Å². The van der Waals surface area contributed by atoms with E-state index in [0.717, 1.165) is 6.42 Å². The Bertz CT molecular complexity index is 1220. The second-order valence-corrected chi connectivity index (χ2v) is 10.2. The number of carbonyl (C=O) groups excluding carboxylic acids is 1. The number of thiophene rings is 1. The Morgan fingerprint density at radius 3 is 2.61 bits per heavy atom. The van der Waals surface area contributed by atoms with Crippen molar-refractivity contribution < 1.29 is 17.9 Å². The molecule has 162 valence electrons. The van der Waals surface area contributed by atoms with Crippen LogP contribution >= 0.6 is 11.3 Å². The third kappa shape index (κ3) is 4.18. The molecule has 6 nitrogen and oxygen atoms in total. The lowest BCUT2D eigenvalue weighted by Gasteiger charge is -2.33. The van der Waals surface area contributed by atoms with Crippen molar-refractivity contribution in [2.45, 2.75) is 31.2 Å². The summed E-state index contributed by atoms with van der Waals surface area (Å²) in [5, 5.41) is 2.05. The summed E-state index contributed by atoms with van der Waals surface area (Å²) in [6.07, 6.45) is 0.819. The summed E-state index contributed by atoms with van der Waals surface area (Å²) in [4.78, 5) is 16.5. The molecule has 0 spiro atoms. The lowest BCUT2D eigenvalue weighted by molar-refractivity contribution is 0.0679. The Hall–Kier alpha value is -2.84. The molecule has 4 rings (SSSR count). The van der Waals surface area contributed by atoms with Crippen LogP contribution in [-0.2, 0) is 16.4 Å². The normalized spacial score (nSPS) is 16.0. The van der Waals surface area contributed by atoms with Crippen molar-refractivity contribution in [1.29, 1.82) is 0 Å². The van der Waals surface area contributed by atoms with Gasteiger partial charge in [0, 0.05) is 22.7 Å². The highest BCUT2D eigenvalue weighted by atomic mass is 32.2. The topological polar surface area (TPSA) is 75.7 Å². The van der Waals surface area contributed by atoms with Gasteiger partial charge in [-0.15, -0.1) is 11.3 Å². The summed E-state index contributed by atoms with van der Waals surface area (Å²) in [5.74, 6) is 0.474. The van der Waals surface area contributed by atoms with Gasteiger partial charge in [0.05, 0.1) is 18.0 Å². The van der Waals surface area contributed by atoms with Crippen LogP contribution in [0.15, 0.2) is 58.8 Å². The second-order valence-electron chi connectivity index (χ2n) is 7.54. The van der Waals surface area contributed by atoms with Crippen LogP contribution in [0.2, 0.25) is 0 Å². The van der Waals surface area contributed by atoms with Crippen LogP contribution < -0.4 is 9.46 Å². The van der Waals surface area contributed by atoms with Crippen molar-refractivity contribution >= 4 is 33.0 Å². The van der Waals surface area contributed by atoms with E-state index in [0.29, 0.717) is 29.1 Å². The van der Waals surface area contributed by atoms with Crippen molar-refractivity contribution in [2.75, 3.05) is 18.4 Å². The van der Waals surface area contributed by atoms with E-state index in [4.69, 9.17) is 4.74 Å². The summed E-state index contributed by atoms with van der Waals surface area (Å²) in [6.45, 7) is 4.35. The number of nitrogens with one attached hydrogen (secondary N) is 1. The Labute approximate surface area is 186 Å². The molecule has 2 heterocycles. The van der Waals surface area contributed by atoms with Crippen LogP contribution in [0, 0.1) is 6.92 Å². The third-order valence-corrected chi connectivity index (χ3v) is 8.12. The van der Waals surface area contributed by atoms with Crippen LogP contribution in [0.5, 0.6) is 5.75 Å². The number of hydrogen-bond donors (Lipinski definition) is 1. The highest BCUT2D eigenvalue weighted by Gasteiger charge is 2.30. The second kappa shape index (κ2) is 8.36. The van der Waals surface area contributed by atoms with Crippen molar-refractivity contribution in [3.8, 4) is 5.75 Å². The molecule has 1 aromatic heterocycles. The molecule has 0 radical (unpaired) electrons. The number of fused-ring (bicyclic) bond motifs is 1. The zero-order valence-corrected chi connectivity index (χ0v) is 19.2. The maximum atomic E-state index is 13.3. The standard InChI is InChI=1S/C23H24N2O4S2/c1-15-4-5-17(23(26)25-12-10-21-20(16(25)2)11-13-30-21)14-22(15)31(27,28)24-18-6-8-19(29-3)9-7-18/h4-9,11,13-14,16,24H,10,12H2,1-3H3. The van der Waals surface area contributed by atoms with Crippen molar-refractivity contribution in [3.05, 3.63) is 75.5 Å². The van der Waals surface area contributed by atoms with Crippen molar-refractivity contribution in [2.24, 2.45) is 0 Å². The fourth-order valence-electron chi connectivity index (χ4n) is 3.84. The summed E-state index contributed by atoms with van der Waals surface area (Å²) in [6, 6.07) is 13.5. The average molecular weight is 457 g/mol. The van der Waals surface area contributed by atoms with Crippen molar-refractivity contribution in [1.82, 2.24) is 4.90 Å². The average Bonchev–Trinajstić information content (AvgIpc) is 3.24. The van der Waals surface area contributed by atoms with E-state index in [-0.39, 0.29) is 16.8 Å². The molecule has 31 heavy (non-hydrogen) atoms. The lowest BCUT2D eigenvalue weighted by atomic mass is 10.00. The number of methoxy groups -OCH3 is 1. The SMILES string of the molecule is COc1ccc(NS(=O)(=O)c2cc(C(=O)N3CCc4sccc4C3C)ccc2C)cc1. The summed E-state index contributed by atoms with van der Waals surface area (Å²) < 4.78 is 33.8. The third-order valence-electron chi connectivity index (χ3n) is 5.60. The molecule has 0 fully saturated rings. The van der Waals surface area contributed by atoms with Gasteiger partial charge in [-0.1, -0.05) is 6.07 Å². The Morgan fingerprint density at radius 2 is 1.90 bits per heavy atom. The zero-order chi connectivity index (χ0) is 22.2. The molecule has 8 heteroatoms. The van der Waals surface area contributed by atoms with Gasteiger partial charge in [0.15, 0.2) is 0 Å². The summed E-state index contributed by atoms with van der Waals surface area (Å²) in [5.41, 5.74) is 2.54. The lowest BCUT2D eigenvalue weighted by Crippen LogP contribution is -2.38. The number of hydrogen-bond acceptors (Lipinski definition) is 5. The van der Waals surface area contributed by atoms with E-state index in [1.54, 1.807) is 61.8 Å². The van der Waals surface area contributed by atoms with Crippen molar-refractivity contribution in [3.63, 3.8) is 0 Å². The molecule has 3 aromatic rings. The predicted octanol–water partition coefficient (Wildman–Crippen LogP) is 4.63. The minimum Gasteiger partial charge on any atom is -0.497 e. The number of carbonyl (C=O) groups is 1. The van der Waals surface area contributed by atoms with E-state index < -0.39 is 10.0 Å². The number of amides is 1. The molecule has 1 amide bonds. The predicted molar refractivity (Wildman–Crippen MR) is 122 cm³/mol. The molecule has 0 saturated heterocycles. The van der Waals surface area contributed by atoms with Gasteiger partial charge < -0.3 is 9.64 Å². The van der Waals surface area contributed by atoms with Crippen LogP contribution in [0.3, 0.4) is 0 Å². The van der Waals surface area contributed by atoms with Gasteiger partial charge in [-0.3, -0.25) is 9.52 Å². The molecule has 0 aliphatic carbocycles. The maximum Gasteiger partial charge on any atom is 0.262 e. The molecule has 1 unspecified atom stereocenters. The van der Waals surface area contributed by atoms with Gasteiger partial charge in [-0.05, 0) is 79.2 Å². The Balaban J connectivity index is 1.61. The molecular formula is C23H24N2O4S2. The quantitative estimate of drug-likeness (QED) is 0.608. The van der Waals surface area contributed by atoms with Gasteiger partial charge in [-0.2, -0.15) is 0 Å². The molecule has 1 N–H and O–H groups in total. The molecule has 1 aliphatic heterocycles. The highest BCUT2D eigenvalue weighted by Crippen LogP contribution is 2.34. The molecule has 1 aliphatic rings. The minimum absolute atomic E-state index is 0.0405. The number of anilines is 1.